The lowest BCUT2D eigenvalue weighted by Crippen LogP contribution is -2.57. The van der Waals surface area contributed by atoms with Crippen LogP contribution in [-0.2, 0) is 6.42 Å². The molecule has 5 heteroatoms. The van der Waals surface area contributed by atoms with E-state index in [1.54, 1.807) is 0 Å². The maximum atomic E-state index is 9.88. The minimum absolute atomic E-state index is 0.110. The van der Waals surface area contributed by atoms with Gasteiger partial charge in [0.15, 0.2) is 0 Å². The Hall–Kier alpha value is -1.36. The Bertz CT molecular complexity index is 501. The van der Waals surface area contributed by atoms with Crippen molar-refractivity contribution < 1.29 is 5.11 Å². The average molecular weight is 292 g/mol. The van der Waals surface area contributed by atoms with Gasteiger partial charge < -0.3 is 15.7 Å². The third-order valence-corrected chi connectivity index (χ3v) is 4.58. The molecule has 1 aliphatic rings. The lowest BCUT2D eigenvalue weighted by molar-refractivity contribution is -0.0511. The maximum absolute atomic E-state index is 9.88. The van der Waals surface area contributed by atoms with Crippen molar-refractivity contribution in [3.8, 4) is 0 Å². The number of aryl methyl sites for hydroxylation is 1. The summed E-state index contributed by atoms with van der Waals surface area (Å²) in [6.45, 7) is 11.3. The van der Waals surface area contributed by atoms with Crippen LogP contribution in [-0.4, -0.2) is 33.8 Å². The minimum atomic E-state index is -0.236. The van der Waals surface area contributed by atoms with Crippen molar-refractivity contribution in [2.45, 2.75) is 66.0 Å². The Morgan fingerprint density at radius 3 is 2.43 bits per heavy atom. The monoisotopic (exact) mass is 292 g/mol. The summed E-state index contributed by atoms with van der Waals surface area (Å²) in [5, 5.41) is 16.8. The maximum Gasteiger partial charge on any atom is 0.135 e. The van der Waals surface area contributed by atoms with Crippen LogP contribution in [0.2, 0.25) is 0 Å². The molecule has 0 aromatic carbocycles. The van der Waals surface area contributed by atoms with Crippen LogP contribution in [0.25, 0.3) is 0 Å². The molecule has 0 saturated heterocycles. The molecule has 1 aromatic rings. The van der Waals surface area contributed by atoms with E-state index in [0.29, 0.717) is 0 Å². The molecule has 1 heterocycles. The molecule has 1 aromatic heterocycles. The molecule has 1 saturated carbocycles. The first-order valence-corrected chi connectivity index (χ1v) is 7.96. The van der Waals surface area contributed by atoms with E-state index in [1.165, 1.54) is 0 Å². The first-order chi connectivity index (χ1) is 9.90. The molecule has 21 heavy (non-hydrogen) atoms. The summed E-state index contributed by atoms with van der Waals surface area (Å²) in [5.41, 5.74) is 0.943. The first-order valence-electron chi connectivity index (χ1n) is 7.96. The fourth-order valence-corrected chi connectivity index (χ4v) is 2.59. The van der Waals surface area contributed by atoms with Crippen molar-refractivity contribution in [1.29, 1.82) is 0 Å². The second kappa shape index (κ2) is 6.18. The lowest BCUT2D eigenvalue weighted by Gasteiger charge is -2.49. The van der Waals surface area contributed by atoms with E-state index in [2.05, 4.69) is 48.3 Å². The second-order valence-electron chi connectivity index (χ2n) is 6.51. The number of hydrogen-bond donors (Lipinski definition) is 3. The van der Waals surface area contributed by atoms with Crippen LogP contribution in [0, 0.1) is 12.3 Å². The van der Waals surface area contributed by atoms with Gasteiger partial charge in [0.1, 0.15) is 17.5 Å². The Morgan fingerprint density at radius 2 is 1.90 bits per heavy atom. The molecule has 118 valence electrons. The minimum Gasteiger partial charge on any atom is -0.392 e. The van der Waals surface area contributed by atoms with Gasteiger partial charge in [-0.3, -0.25) is 0 Å². The number of aliphatic hydroxyl groups excluding tert-OH is 1. The van der Waals surface area contributed by atoms with Gasteiger partial charge in [-0.1, -0.05) is 27.7 Å². The third-order valence-electron chi connectivity index (χ3n) is 4.58. The third kappa shape index (κ3) is 3.12. The van der Waals surface area contributed by atoms with Gasteiger partial charge in [0.2, 0.25) is 0 Å². The molecule has 2 atom stereocenters. The molecule has 2 rings (SSSR count). The predicted molar refractivity (Wildman–Crippen MR) is 86.7 cm³/mol. The molecule has 0 amide bonds. The molecule has 1 fully saturated rings. The molecular formula is C16H28N4O. The van der Waals surface area contributed by atoms with Crippen LogP contribution in [0.1, 0.15) is 51.9 Å². The summed E-state index contributed by atoms with van der Waals surface area (Å²) in [6, 6.07) is 0.254. The van der Waals surface area contributed by atoms with Crippen molar-refractivity contribution in [3.05, 3.63) is 11.4 Å². The topological polar surface area (TPSA) is 70.1 Å². The zero-order chi connectivity index (χ0) is 15.6. The van der Waals surface area contributed by atoms with Gasteiger partial charge in [0.05, 0.1) is 6.10 Å². The average Bonchev–Trinajstić information content (AvgIpc) is 2.47. The number of anilines is 2. The van der Waals surface area contributed by atoms with E-state index in [0.717, 1.165) is 48.8 Å². The molecule has 1 aliphatic carbocycles. The van der Waals surface area contributed by atoms with E-state index in [1.807, 2.05) is 6.92 Å². The molecular weight excluding hydrogens is 264 g/mol. The number of nitrogens with zero attached hydrogens (tertiary/aromatic N) is 2. The van der Waals surface area contributed by atoms with Crippen LogP contribution in [0.3, 0.4) is 0 Å². The standard InChI is InChI=1S/C16H28N4O/c1-6-8-17-14-10(3)15(20-13(7-2)19-14)18-11-9-12(21)16(11,4)5/h11-12,21H,6-9H2,1-5H3,(H2,17,18,19,20). The smallest absolute Gasteiger partial charge is 0.135 e. The quantitative estimate of drug-likeness (QED) is 0.752. The summed E-state index contributed by atoms with van der Waals surface area (Å²) in [4.78, 5) is 9.21. The van der Waals surface area contributed by atoms with Crippen molar-refractivity contribution in [3.63, 3.8) is 0 Å². The van der Waals surface area contributed by atoms with Gasteiger partial charge >= 0.3 is 0 Å². The summed E-state index contributed by atoms with van der Waals surface area (Å²) in [5.74, 6) is 2.66. The van der Waals surface area contributed by atoms with E-state index in [9.17, 15) is 5.11 Å². The number of nitrogens with one attached hydrogen (secondary N) is 2. The number of rotatable bonds is 6. The Morgan fingerprint density at radius 1 is 1.24 bits per heavy atom. The van der Waals surface area contributed by atoms with Gasteiger partial charge in [-0.15, -0.1) is 0 Å². The van der Waals surface area contributed by atoms with Gasteiger partial charge in [0.25, 0.3) is 0 Å². The largest absolute Gasteiger partial charge is 0.392 e. The normalized spacial score (nSPS) is 23.5. The first kappa shape index (κ1) is 16.0. The van der Waals surface area contributed by atoms with Crippen molar-refractivity contribution >= 4 is 11.6 Å². The van der Waals surface area contributed by atoms with E-state index < -0.39 is 0 Å². The Balaban J connectivity index is 2.22. The van der Waals surface area contributed by atoms with Gasteiger partial charge in [0, 0.05) is 30.0 Å². The summed E-state index contributed by atoms with van der Waals surface area (Å²) >= 11 is 0. The van der Waals surface area contributed by atoms with Crippen LogP contribution in [0.5, 0.6) is 0 Å². The SMILES string of the molecule is CCCNc1nc(CC)nc(NC2CC(O)C2(C)C)c1C. The fraction of sp³-hybridized carbons (Fsp3) is 0.750. The highest BCUT2D eigenvalue weighted by Crippen LogP contribution is 2.42. The van der Waals surface area contributed by atoms with Crippen molar-refractivity contribution in [2.75, 3.05) is 17.2 Å². The van der Waals surface area contributed by atoms with Crippen molar-refractivity contribution in [1.82, 2.24) is 9.97 Å². The highest BCUT2D eigenvalue weighted by atomic mass is 16.3. The second-order valence-corrected chi connectivity index (χ2v) is 6.51. The van der Waals surface area contributed by atoms with Crippen LogP contribution in [0.15, 0.2) is 0 Å². The lowest BCUT2D eigenvalue weighted by atomic mass is 9.64. The van der Waals surface area contributed by atoms with Gasteiger partial charge in [-0.25, -0.2) is 9.97 Å². The summed E-state index contributed by atoms with van der Waals surface area (Å²) in [7, 11) is 0. The number of hydrogen-bond acceptors (Lipinski definition) is 5. The fourth-order valence-electron chi connectivity index (χ4n) is 2.59. The molecule has 0 spiro atoms. The van der Waals surface area contributed by atoms with Crippen molar-refractivity contribution in [2.24, 2.45) is 5.41 Å². The van der Waals surface area contributed by atoms with E-state index >= 15 is 0 Å². The van der Waals surface area contributed by atoms with E-state index in [4.69, 9.17) is 0 Å². The van der Waals surface area contributed by atoms with E-state index in [-0.39, 0.29) is 17.6 Å². The van der Waals surface area contributed by atoms with Crippen LogP contribution >= 0.6 is 0 Å². The highest BCUT2D eigenvalue weighted by Gasteiger charge is 2.47. The zero-order valence-electron chi connectivity index (χ0n) is 13.8. The molecule has 3 N–H and O–H groups in total. The van der Waals surface area contributed by atoms with Gasteiger partial charge in [-0.2, -0.15) is 0 Å². The molecule has 0 aliphatic heterocycles. The van der Waals surface area contributed by atoms with Crippen LogP contribution < -0.4 is 10.6 Å². The highest BCUT2D eigenvalue weighted by molar-refractivity contribution is 5.58. The molecule has 5 nitrogen and oxygen atoms in total. The predicted octanol–water partition coefficient (Wildman–Crippen LogP) is 2.74. The number of aliphatic hydroxyl groups is 1. The Kier molecular flexibility index (Phi) is 4.71. The summed E-state index contributed by atoms with van der Waals surface area (Å²) in [6.07, 6.45) is 2.41. The number of aromatic nitrogens is 2. The zero-order valence-corrected chi connectivity index (χ0v) is 13.8. The molecule has 2 unspecified atom stereocenters. The Labute approximate surface area is 127 Å². The van der Waals surface area contributed by atoms with Gasteiger partial charge in [-0.05, 0) is 19.8 Å². The summed E-state index contributed by atoms with van der Waals surface area (Å²) < 4.78 is 0. The molecule has 0 radical (unpaired) electrons. The molecule has 0 bridgehead atoms. The van der Waals surface area contributed by atoms with Crippen LogP contribution in [0.4, 0.5) is 11.6 Å².